The summed E-state index contributed by atoms with van der Waals surface area (Å²) >= 11 is 0. The highest BCUT2D eigenvalue weighted by molar-refractivity contribution is 5.61. The molecule has 5 heteroatoms. The molecule has 0 bridgehead atoms. The topological polar surface area (TPSA) is 62.8 Å². The summed E-state index contributed by atoms with van der Waals surface area (Å²) in [7, 11) is 0. The molecule has 0 aliphatic heterocycles. The molecule has 0 fully saturated rings. The van der Waals surface area contributed by atoms with E-state index in [1.807, 2.05) is 24.5 Å². The van der Waals surface area contributed by atoms with Crippen molar-refractivity contribution in [2.24, 2.45) is 0 Å². The van der Waals surface area contributed by atoms with Gasteiger partial charge in [0.15, 0.2) is 0 Å². The number of aromatic nitrogens is 3. The minimum atomic E-state index is 0.800. The molecular weight excluding hydrogens is 252 g/mol. The van der Waals surface area contributed by atoms with Crippen LogP contribution in [0.15, 0.2) is 30.7 Å². The van der Waals surface area contributed by atoms with E-state index in [1.54, 1.807) is 6.20 Å². The van der Waals surface area contributed by atoms with Crippen LogP contribution in [-0.2, 0) is 11.3 Å². The van der Waals surface area contributed by atoms with Crippen LogP contribution < -0.4 is 5.32 Å². The molecular formula is C15H22N4O. The van der Waals surface area contributed by atoms with Crippen molar-refractivity contribution in [3.8, 4) is 11.3 Å². The fourth-order valence-electron chi connectivity index (χ4n) is 1.97. The van der Waals surface area contributed by atoms with Crippen LogP contribution >= 0.6 is 0 Å². The second-order valence-corrected chi connectivity index (χ2v) is 4.65. The molecule has 2 aromatic rings. The maximum Gasteiger partial charge on any atom is 0.0710 e. The van der Waals surface area contributed by atoms with Crippen LogP contribution in [0.25, 0.3) is 11.3 Å². The Morgan fingerprint density at radius 3 is 3.05 bits per heavy atom. The van der Waals surface area contributed by atoms with Gasteiger partial charge in [0.1, 0.15) is 0 Å². The Labute approximate surface area is 119 Å². The van der Waals surface area contributed by atoms with Crippen LogP contribution in [0, 0.1) is 0 Å². The van der Waals surface area contributed by atoms with Crippen molar-refractivity contribution >= 4 is 0 Å². The highest BCUT2D eigenvalue weighted by Crippen LogP contribution is 2.19. The average Bonchev–Trinajstić information content (AvgIpc) is 2.96. The lowest BCUT2D eigenvalue weighted by molar-refractivity contribution is 0.132. The Kier molecular flexibility index (Phi) is 6.20. The third-order valence-corrected chi connectivity index (χ3v) is 2.97. The molecule has 108 valence electrons. The van der Waals surface area contributed by atoms with Crippen LogP contribution in [0.5, 0.6) is 0 Å². The number of hydrogen-bond acceptors (Lipinski definition) is 4. The van der Waals surface area contributed by atoms with Gasteiger partial charge in [-0.1, -0.05) is 6.92 Å². The first-order chi connectivity index (χ1) is 9.92. The maximum absolute atomic E-state index is 5.45. The molecule has 0 radical (unpaired) electrons. The lowest BCUT2D eigenvalue weighted by Crippen LogP contribution is -2.16. The monoisotopic (exact) mass is 274 g/mol. The molecule has 0 aromatic carbocycles. The van der Waals surface area contributed by atoms with Crippen LogP contribution in [0.4, 0.5) is 0 Å². The molecule has 0 atom stereocenters. The van der Waals surface area contributed by atoms with Gasteiger partial charge < -0.3 is 10.1 Å². The Morgan fingerprint density at radius 2 is 2.25 bits per heavy atom. The summed E-state index contributed by atoms with van der Waals surface area (Å²) in [6, 6.07) is 3.96. The number of ether oxygens (including phenoxy) is 1. The molecule has 0 amide bonds. The summed E-state index contributed by atoms with van der Waals surface area (Å²) in [5.41, 5.74) is 3.26. The van der Waals surface area contributed by atoms with Gasteiger partial charge in [-0.3, -0.25) is 10.1 Å². The zero-order valence-corrected chi connectivity index (χ0v) is 11.9. The van der Waals surface area contributed by atoms with E-state index in [2.05, 4.69) is 27.4 Å². The minimum absolute atomic E-state index is 0.800. The molecule has 0 aliphatic carbocycles. The second-order valence-electron chi connectivity index (χ2n) is 4.65. The van der Waals surface area contributed by atoms with E-state index in [1.165, 1.54) is 0 Å². The zero-order valence-electron chi connectivity index (χ0n) is 11.9. The number of nitrogens with zero attached hydrogens (tertiary/aromatic N) is 2. The first kappa shape index (κ1) is 14.7. The Balaban J connectivity index is 1.76. The molecule has 0 spiro atoms. The molecule has 20 heavy (non-hydrogen) atoms. The van der Waals surface area contributed by atoms with E-state index in [9.17, 15) is 0 Å². The molecule has 0 aliphatic rings. The highest BCUT2D eigenvalue weighted by atomic mass is 16.5. The van der Waals surface area contributed by atoms with Gasteiger partial charge in [-0.15, -0.1) is 0 Å². The quantitative estimate of drug-likeness (QED) is 0.689. The van der Waals surface area contributed by atoms with E-state index in [-0.39, 0.29) is 0 Å². The third-order valence-electron chi connectivity index (χ3n) is 2.97. The van der Waals surface area contributed by atoms with E-state index in [0.29, 0.717) is 0 Å². The van der Waals surface area contributed by atoms with Gasteiger partial charge in [0.25, 0.3) is 0 Å². The Morgan fingerprint density at radius 1 is 1.30 bits per heavy atom. The number of hydrogen-bond donors (Lipinski definition) is 2. The lowest BCUT2D eigenvalue weighted by Gasteiger charge is -2.06. The summed E-state index contributed by atoms with van der Waals surface area (Å²) in [5.74, 6) is 0. The molecule has 2 heterocycles. The number of aromatic amines is 1. The fraction of sp³-hybridized carbons (Fsp3) is 0.467. The number of pyridine rings is 1. The minimum Gasteiger partial charge on any atom is -0.381 e. The van der Waals surface area contributed by atoms with Gasteiger partial charge in [0.2, 0.25) is 0 Å². The Bertz CT molecular complexity index is 484. The summed E-state index contributed by atoms with van der Waals surface area (Å²) in [5, 5.41) is 10.6. The van der Waals surface area contributed by atoms with Gasteiger partial charge in [-0.05, 0) is 31.5 Å². The molecule has 2 aromatic heterocycles. The van der Waals surface area contributed by atoms with Crippen molar-refractivity contribution in [2.75, 3.05) is 19.8 Å². The van der Waals surface area contributed by atoms with Crippen LogP contribution in [0.2, 0.25) is 0 Å². The van der Waals surface area contributed by atoms with Gasteiger partial charge in [0, 0.05) is 43.3 Å². The van der Waals surface area contributed by atoms with Crippen molar-refractivity contribution in [1.29, 1.82) is 0 Å². The zero-order chi connectivity index (χ0) is 14.0. The van der Waals surface area contributed by atoms with Crippen molar-refractivity contribution in [2.45, 2.75) is 26.3 Å². The number of nitrogens with one attached hydrogen (secondary N) is 2. The van der Waals surface area contributed by atoms with E-state index >= 15 is 0 Å². The van der Waals surface area contributed by atoms with Crippen molar-refractivity contribution < 1.29 is 4.74 Å². The smallest absolute Gasteiger partial charge is 0.0710 e. The predicted molar refractivity (Wildman–Crippen MR) is 79.3 cm³/mol. The van der Waals surface area contributed by atoms with Crippen molar-refractivity contribution in [3.05, 3.63) is 36.3 Å². The fourth-order valence-corrected chi connectivity index (χ4v) is 1.97. The number of rotatable bonds is 9. The second kappa shape index (κ2) is 8.45. The molecule has 2 N–H and O–H groups in total. The molecule has 0 saturated heterocycles. The van der Waals surface area contributed by atoms with E-state index in [4.69, 9.17) is 4.74 Å². The third kappa shape index (κ3) is 4.43. The molecule has 5 nitrogen and oxygen atoms in total. The van der Waals surface area contributed by atoms with Crippen LogP contribution in [0.1, 0.15) is 25.3 Å². The summed E-state index contributed by atoms with van der Waals surface area (Å²) in [4.78, 5) is 4.14. The standard InChI is InChI=1S/C15H22N4O/c1-2-8-20-9-4-7-17-11-14-12-18-19-15(14)13-5-3-6-16-10-13/h3,5-6,10,12,17H,2,4,7-9,11H2,1H3,(H,18,19). The first-order valence-electron chi connectivity index (χ1n) is 7.13. The normalized spacial score (nSPS) is 10.8. The first-order valence-corrected chi connectivity index (χ1v) is 7.13. The Hall–Kier alpha value is -1.72. The predicted octanol–water partition coefficient (Wildman–Crippen LogP) is 2.38. The highest BCUT2D eigenvalue weighted by Gasteiger charge is 2.06. The van der Waals surface area contributed by atoms with Crippen molar-refractivity contribution in [3.63, 3.8) is 0 Å². The molecule has 0 unspecified atom stereocenters. The maximum atomic E-state index is 5.45. The van der Waals surface area contributed by atoms with Crippen molar-refractivity contribution in [1.82, 2.24) is 20.5 Å². The van der Waals surface area contributed by atoms with Crippen LogP contribution in [0.3, 0.4) is 0 Å². The van der Waals surface area contributed by atoms with Gasteiger partial charge in [0.05, 0.1) is 11.9 Å². The van der Waals surface area contributed by atoms with Gasteiger partial charge in [-0.2, -0.15) is 5.10 Å². The largest absolute Gasteiger partial charge is 0.381 e. The summed E-state index contributed by atoms with van der Waals surface area (Å²) < 4.78 is 5.45. The van der Waals surface area contributed by atoms with E-state index < -0.39 is 0 Å². The SMILES string of the molecule is CCCOCCCNCc1cn[nH]c1-c1cccnc1. The average molecular weight is 274 g/mol. The molecule has 0 saturated carbocycles. The summed E-state index contributed by atoms with van der Waals surface area (Å²) in [6.07, 6.45) is 7.59. The molecule has 2 rings (SSSR count). The van der Waals surface area contributed by atoms with Gasteiger partial charge in [-0.25, -0.2) is 0 Å². The van der Waals surface area contributed by atoms with Gasteiger partial charge >= 0.3 is 0 Å². The van der Waals surface area contributed by atoms with Crippen LogP contribution in [-0.4, -0.2) is 34.9 Å². The number of H-pyrrole nitrogens is 1. The van der Waals surface area contributed by atoms with E-state index in [0.717, 1.165) is 56.0 Å². The lowest BCUT2D eigenvalue weighted by atomic mass is 10.1. The summed E-state index contributed by atoms with van der Waals surface area (Å²) in [6.45, 7) is 5.54.